The van der Waals surface area contributed by atoms with Gasteiger partial charge < -0.3 is 0 Å². The van der Waals surface area contributed by atoms with Crippen molar-refractivity contribution in [2.75, 3.05) is 0 Å². The van der Waals surface area contributed by atoms with Crippen LogP contribution >= 0.6 is 0 Å². The van der Waals surface area contributed by atoms with Crippen molar-refractivity contribution in [3.8, 4) is 0 Å². The van der Waals surface area contributed by atoms with E-state index >= 15 is 0 Å². The molecule has 0 aliphatic carbocycles. The number of amides is 5. The third-order valence-electron chi connectivity index (χ3n) is 8.24. The van der Waals surface area contributed by atoms with Crippen LogP contribution in [0.3, 0.4) is 0 Å². The van der Waals surface area contributed by atoms with Crippen LogP contribution in [0.4, 0.5) is 0 Å². The Labute approximate surface area is 341 Å². The van der Waals surface area contributed by atoms with Gasteiger partial charge in [0, 0.05) is 0 Å². The second-order valence-electron chi connectivity index (χ2n) is 12.2. The third kappa shape index (κ3) is 8.50. The van der Waals surface area contributed by atoms with Gasteiger partial charge in [-0.15, -0.1) is 0 Å². The minimum Gasteiger partial charge on any atom is -0.268 e. The summed E-state index contributed by atoms with van der Waals surface area (Å²) in [5.41, 5.74) is 1.10. The lowest BCUT2D eigenvalue weighted by Gasteiger charge is -1.91. The van der Waals surface area contributed by atoms with Crippen molar-refractivity contribution in [1.29, 1.82) is 0 Å². The number of fused-ring (bicyclic) bond motifs is 5. The van der Waals surface area contributed by atoms with Crippen LogP contribution in [0.15, 0.2) is 146 Å². The van der Waals surface area contributed by atoms with E-state index in [2.05, 4.69) is 0 Å². The van der Waals surface area contributed by atoms with Crippen molar-refractivity contribution in [3.63, 3.8) is 0 Å². The molecule has 25 heteroatoms. The maximum absolute atomic E-state index is 11.1. The van der Waals surface area contributed by atoms with Gasteiger partial charge in [-0.1, -0.05) is 60.7 Å². The van der Waals surface area contributed by atoms with Crippen molar-refractivity contribution in [2.24, 2.45) is 0 Å². The Balaban J connectivity index is 0.000000126. The average Bonchev–Trinajstić information content (AvgIpc) is 3.86. The molecule has 0 unspecified atom stereocenters. The zero-order chi connectivity index (χ0) is 43.8. The summed E-state index contributed by atoms with van der Waals surface area (Å²) in [4.78, 5) is 55.3. The highest BCUT2D eigenvalue weighted by Gasteiger charge is 2.34. The standard InChI is InChI=1S/5C7H5NO3S/c5*9-7-5-3-1-2-4-6(5)12(10,11)8-7/h5*1-4H,(H,8,9). The van der Waals surface area contributed by atoms with Crippen LogP contribution in [-0.4, -0.2) is 71.6 Å². The van der Waals surface area contributed by atoms with Crippen LogP contribution in [-0.2, 0) is 50.1 Å². The number of sulfonamides is 5. The predicted octanol–water partition coefficient (Wildman–Crippen LogP) is 0.594. The first kappa shape index (κ1) is 42.8. The second kappa shape index (κ2) is 15.8. The van der Waals surface area contributed by atoms with Gasteiger partial charge in [0.25, 0.3) is 79.7 Å². The van der Waals surface area contributed by atoms with Crippen LogP contribution in [0.5, 0.6) is 0 Å². The number of hydrogen-bond acceptors (Lipinski definition) is 15. The zero-order valence-electron chi connectivity index (χ0n) is 29.7. The maximum atomic E-state index is 11.1. The van der Waals surface area contributed by atoms with E-state index in [0.29, 0.717) is 0 Å². The highest BCUT2D eigenvalue weighted by atomic mass is 32.2. The van der Waals surface area contributed by atoms with Gasteiger partial charge in [0.15, 0.2) is 0 Å². The predicted molar refractivity (Wildman–Crippen MR) is 205 cm³/mol. The van der Waals surface area contributed by atoms with Gasteiger partial charge in [0.2, 0.25) is 0 Å². The molecular weight excluding hydrogens is 891 g/mol. The van der Waals surface area contributed by atoms with Gasteiger partial charge in [-0.2, -0.15) is 0 Å². The van der Waals surface area contributed by atoms with Crippen molar-refractivity contribution < 1.29 is 66.1 Å². The molecule has 20 nitrogen and oxygen atoms in total. The Morgan fingerprint density at radius 2 is 0.367 bits per heavy atom. The van der Waals surface area contributed by atoms with E-state index in [0.717, 1.165) is 0 Å². The summed E-state index contributed by atoms with van der Waals surface area (Å²) in [6.07, 6.45) is 0. The molecule has 5 aromatic rings. The quantitative estimate of drug-likeness (QED) is 0.142. The molecule has 5 aromatic carbocycles. The Bertz CT molecular complexity index is 2760. The molecule has 5 aliphatic heterocycles. The fourth-order valence-electron chi connectivity index (χ4n) is 5.60. The molecule has 5 aliphatic rings. The third-order valence-corrected chi connectivity index (χ3v) is 15.2. The van der Waals surface area contributed by atoms with E-state index in [-0.39, 0.29) is 52.3 Å². The van der Waals surface area contributed by atoms with E-state index < -0.39 is 79.7 Å². The molecule has 0 spiro atoms. The number of benzene rings is 5. The minimum atomic E-state index is -3.55. The lowest BCUT2D eigenvalue weighted by atomic mass is 10.2. The number of rotatable bonds is 0. The topological polar surface area (TPSA) is 316 Å². The molecule has 5 amide bonds. The van der Waals surface area contributed by atoms with Crippen LogP contribution in [0.1, 0.15) is 51.8 Å². The Hall–Kier alpha value is -6.80. The lowest BCUT2D eigenvalue weighted by molar-refractivity contribution is 0.0976. The molecule has 5 heterocycles. The SMILES string of the molecule is O=C1NS(=O)(=O)c2ccccc21.O=C1NS(=O)(=O)c2ccccc21.O=C1NS(=O)(=O)c2ccccc21.O=C1NS(=O)(=O)c2ccccc21.O=C1NS(=O)(=O)c2ccccc21. The average molecular weight is 916 g/mol. The summed E-state index contributed by atoms with van der Waals surface area (Å²) in [5.74, 6) is -2.75. The molecule has 0 aromatic heterocycles. The molecule has 0 bridgehead atoms. The summed E-state index contributed by atoms with van der Waals surface area (Å²) < 4.78 is 121. The number of carbonyl (C=O) groups excluding carboxylic acids is 5. The molecule has 0 saturated heterocycles. The Morgan fingerprint density at radius 3 is 0.500 bits per heavy atom. The second-order valence-corrected chi connectivity index (χ2v) is 20.4. The van der Waals surface area contributed by atoms with E-state index in [1.54, 1.807) is 60.7 Å². The first-order valence-corrected chi connectivity index (χ1v) is 23.8. The highest BCUT2D eigenvalue weighted by molar-refractivity contribution is 7.91. The summed E-state index contributed by atoms with van der Waals surface area (Å²) in [6, 6.07) is 30.5. The molecule has 60 heavy (non-hydrogen) atoms. The van der Waals surface area contributed by atoms with Gasteiger partial charge >= 0.3 is 0 Å². The Kier molecular flexibility index (Phi) is 11.2. The lowest BCUT2D eigenvalue weighted by Crippen LogP contribution is -2.20. The zero-order valence-corrected chi connectivity index (χ0v) is 33.8. The van der Waals surface area contributed by atoms with Crippen molar-refractivity contribution in [3.05, 3.63) is 149 Å². The normalized spacial score (nSPS) is 18.5. The van der Waals surface area contributed by atoms with Gasteiger partial charge in [-0.3, -0.25) is 24.0 Å². The van der Waals surface area contributed by atoms with Crippen molar-refractivity contribution in [1.82, 2.24) is 23.6 Å². The fraction of sp³-hybridized carbons (Fsp3) is 0. The molecular formula is C35H25N5O15S5. The minimum absolute atomic E-state index is 0.0648. The monoisotopic (exact) mass is 915 g/mol. The molecule has 0 radical (unpaired) electrons. The van der Waals surface area contributed by atoms with Gasteiger partial charge in [0.1, 0.15) is 24.5 Å². The molecule has 10 rings (SSSR count). The van der Waals surface area contributed by atoms with Crippen LogP contribution < -0.4 is 23.6 Å². The first-order chi connectivity index (χ1) is 28.1. The van der Waals surface area contributed by atoms with Crippen LogP contribution in [0.2, 0.25) is 0 Å². The van der Waals surface area contributed by atoms with Crippen molar-refractivity contribution >= 4 is 79.7 Å². The maximum Gasteiger partial charge on any atom is 0.266 e. The summed E-state index contributed by atoms with van der Waals surface area (Å²) in [6.45, 7) is 0. The molecule has 5 N–H and O–H groups in total. The highest BCUT2D eigenvalue weighted by Crippen LogP contribution is 2.24. The summed E-state index contributed by atoms with van der Waals surface area (Å²) >= 11 is 0. The fourth-order valence-corrected chi connectivity index (χ4v) is 11.5. The summed E-state index contributed by atoms with van der Waals surface area (Å²) in [5, 5.41) is 0. The van der Waals surface area contributed by atoms with E-state index in [1.807, 2.05) is 23.6 Å². The summed E-state index contributed by atoms with van der Waals surface area (Å²) in [7, 11) is -17.8. The van der Waals surface area contributed by atoms with E-state index in [9.17, 15) is 66.1 Å². The molecule has 0 saturated carbocycles. The Morgan fingerprint density at radius 1 is 0.233 bits per heavy atom. The number of hydrogen-bond donors (Lipinski definition) is 5. The van der Waals surface area contributed by atoms with Gasteiger partial charge in [-0.25, -0.2) is 65.7 Å². The number of nitrogens with one attached hydrogen (secondary N) is 5. The van der Waals surface area contributed by atoms with Gasteiger partial charge in [-0.05, 0) is 60.7 Å². The molecule has 0 atom stereocenters. The van der Waals surface area contributed by atoms with Gasteiger partial charge in [0.05, 0.1) is 27.8 Å². The van der Waals surface area contributed by atoms with Crippen molar-refractivity contribution in [2.45, 2.75) is 24.5 Å². The first-order valence-electron chi connectivity index (χ1n) is 16.4. The number of carbonyl (C=O) groups is 5. The molecule has 310 valence electrons. The van der Waals surface area contributed by atoms with Crippen LogP contribution in [0.25, 0.3) is 0 Å². The van der Waals surface area contributed by atoms with E-state index in [1.165, 1.54) is 60.7 Å². The van der Waals surface area contributed by atoms with E-state index in [4.69, 9.17) is 0 Å². The largest absolute Gasteiger partial charge is 0.268 e. The smallest absolute Gasteiger partial charge is 0.266 e. The van der Waals surface area contributed by atoms with Crippen LogP contribution in [0, 0.1) is 0 Å². The molecule has 0 fully saturated rings.